The van der Waals surface area contributed by atoms with Crippen molar-refractivity contribution >= 4 is 32.7 Å². The Labute approximate surface area is 139 Å². The number of fused-ring (bicyclic) bond motifs is 1. The number of ether oxygens (including phenoxy) is 1. The van der Waals surface area contributed by atoms with E-state index in [4.69, 9.17) is 9.15 Å². The highest BCUT2D eigenvalue weighted by Crippen LogP contribution is 2.40. The third kappa shape index (κ3) is 2.62. The highest BCUT2D eigenvalue weighted by Gasteiger charge is 2.47. The van der Waals surface area contributed by atoms with E-state index in [1.54, 1.807) is 24.3 Å². The van der Waals surface area contributed by atoms with E-state index < -0.39 is 11.7 Å². The first kappa shape index (κ1) is 14.4. The molecule has 0 aliphatic carbocycles. The molecule has 1 fully saturated rings. The Morgan fingerprint density at radius 3 is 2.57 bits per heavy atom. The maximum atomic E-state index is 12.5. The van der Waals surface area contributed by atoms with Crippen molar-refractivity contribution in [2.75, 3.05) is 0 Å². The van der Waals surface area contributed by atoms with Gasteiger partial charge in [-0.05, 0) is 29.8 Å². The fourth-order valence-corrected chi connectivity index (χ4v) is 2.87. The van der Waals surface area contributed by atoms with Gasteiger partial charge in [0.05, 0.1) is 0 Å². The van der Waals surface area contributed by atoms with Crippen molar-refractivity contribution in [1.29, 1.82) is 0 Å². The summed E-state index contributed by atoms with van der Waals surface area (Å²) in [5.74, 6) is -0.336. The molecule has 23 heavy (non-hydrogen) atoms. The van der Waals surface area contributed by atoms with Crippen molar-refractivity contribution < 1.29 is 13.9 Å². The molecule has 3 aromatic rings. The van der Waals surface area contributed by atoms with Crippen LogP contribution in [0.1, 0.15) is 22.0 Å². The minimum Gasteiger partial charge on any atom is -0.422 e. The monoisotopic (exact) mass is 370 g/mol. The van der Waals surface area contributed by atoms with Crippen molar-refractivity contribution in [3.63, 3.8) is 0 Å². The molecule has 1 aromatic heterocycles. The molecule has 0 unspecified atom stereocenters. The first-order valence-corrected chi connectivity index (χ1v) is 7.91. The third-order valence-corrected chi connectivity index (χ3v) is 4.38. The molecule has 1 saturated heterocycles. The number of hydrogen-bond donors (Lipinski definition) is 0. The number of Topliss-reactive ketones (excluding diaryl/α,β-unsaturated/α-hetero) is 1. The molecule has 0 radical (unpaired) electrons. The Bertz CT molecular complexity index is 959. The molecule has 0 bridgehead atoms. The van der Waals surface area contributed by atoms with E-state index in [1.165, 1.54) is 0 Å². The molecule has 2 aromatic carbocycles. The molecule has 4 nitrogen and oxygen atoms in total. The Balaban J connectivity index is 1.64. The second-order valence-corrected chi connectivity index (χ2v) is 6.29. The average molecular weight is 371 g/mol. The molecule has 2 heterocycles. The zero-order chi connectivity index (χ0) is 16.0. The summed E-state index contributed by atoms with van der Waals surface area (Å²) < 4.78 is 11.6. The summed E-state index contributed by atoms with van der Waals surface area (Å²) in [4.78, 5) is 24.6. The van der Waals surface area contributed by atoms with Crippen molar-refractivity contribution in [3.8, 4) is 0 Å². The zero-order valence-electron chi connectivity index (χ0n) is 11.9. The van der Waals surface area contributed by atoms with Gasteiger partial charge in [0, 0.05) is 9.86 Å². The molecule has 114 valence electrons. The van der Waals surface area contributed by atoms with Crippen molar-refractivity contribution in [3.05, 3.63) is 80.6 Å². The standard InChI is InChI=1S/C18H11BrO4/c19-12-7-5-10(6-8-12)16-17(23-16)15(20)13-9-11-3-1-2-4-14(11)22-18(13)21/h1-9,16-17H/t16-,17-/m1/s1. The van der Waals surface area contributed by atoms with Gasteiger partial charge < -0.3 is 9.15 Å². The van der Waals surface area contributed by atoms with Crippen LogP contribution in [0.25, 0.3) is 11.0 Å². The van der Waals surface area contributed by atoms with E-state index in [9.17, 15) is 9.59 Å². The van der Waals surface area contributed by atoms with Gasteiger partial charge in [-0.3, -0.25) is 4.79 Å². The van der Waals surface area contributed by atoms with Crippen LogP contribution < -0.4 is 5.63 Å². The lowest BCUT2D eigenvalue weighted by Crippen LogP contribution is -2.18. The summed E-state index contributed by atoms with van der Waals surface area (Å²) >= 11 is 3.37. The van der Waals surface area contributed by atoms with E-state index in [2.05, 4.69) is 15.9 Å². The van der Waals surface area contributed by atoms with Gasteiger partial charge >= 0.3 is 5.63 Å². The molecule has 2 atom stereocenters. The molecule has 0 spiro atoms. The van der Waals surface area contributed by atoms with Crippen LogP contribution in [-0.2, 0) is 4.74 Å². The predicted molar refractivity (Wildman–Crippen MR) is 88.6 cm³/mol. The topological polar surface area (TPSA) is 59.8 Å². The number of carbonyl (C=O) groups excluding carboxylic acids is 1. The molecule has 4 rings (SSSR count). The van der Waals surface area contributed by atoms with Crippen LogP contribution in [0.2, 0.25) is 0 Å². The van der Waals surface area contributed by atoms with Crippen molar-refractivity contribution in [2.24, 2.45) is 0 Å². The van der Waals surface area contributed by atoms with Crippen LogP contribution in [0.3, 0.4) is 0 Å². The lowest BCUT2D eigenvalue weighted by molar-refractivity contribution is 0.0950. The normalized spacial score (nSPS) is 19.7. The van der Waals surface area contributed by atoms with Crippen LogP contribution in [0.5, 0.6) is 0 Å². The SMILES string of the molecule is O=C(c1cc2ccccc2oc1=O)[C@H]1O[C@@H]1c1ccc(Br)cc1. The summed E-state index contributed by atoms with van der Waals surface area (Å²) in [7, 11) is 0. The summed E-state index contributed by atoms with van der Waals surface area (Å²) in [5, 5.41) is 0.719. The van der Waals surface area contributed by atoms with Gasteiger partial charge in [-0.15, -0.1) is 0 Å². The lowest BCUT2D eigenvalue weighted by atomic mass is 10.0. The number of rotatable bonds is 3. The van der Waals surface area contributed by atoms with Gasteiger partial charge in [-0.1, -0.05) is 46.3 Å². The number of para-hydroxylation sites is 1. The molecule has 0 N–H and O–H groups in total. The highest BCUT2D eigenvalue weighted by molar-refractivity contribution is 9.10. The average Bonchev–Trinajstić information content (AvgIpc) is 3.35. The second kappa shape index (κ2) is 5.44. The minimum atomic E-state index is -0.626. The molecule has 1 aliphatic rings. The summed E-state index contributed by atoms with van der Waals surface area (Å²) in [6.45, 7) is 0. The number of epoxide rings is 1. The minimum absolute atomic E-state index is 0.0355. The lowest BCUT2D eigenvalue weighted by Gasteiger charge is -2.00. The smallest absolute Gasteiger partial charge is 0.347 e. The number of carbonyl (C=O) groups is 1. The van der Waals surface area contributed by atoms with Crippen LogP contribution in [-0.4, -0.2) is 11.9 Å². The largest absolute Gasteiger partial charge is 0.422 e. The molecule has 1 aliphatic heterocycles. The Hall–Kier alpha value is -2.24. The van der Waals surface area contributed by atoms with Crippen LogP contribution >= 0.6 is 15.9 Å². The zero-order valence-corrected chi connectivity index (χ0v) is 13.4. The van der Waals surface area contributed by atoms with Crippen molar-refractivity contribution in [1.82, 2.24) is 0 Å². The Morgan fingerprint density at radius 1 is 1.04 bits per heavy atom. The fraction of sp³-hybridized carbons (Fsp3) is 0.111. The van der Waals surface area contributed by atoms with Gasteiger partial charge in [0.15, 0.2) is 6.10 Å². The number of halogens is 1. The maximum Gasteiger partial charge on any atom is 0.347 e. The molecule has 0 saturated carbocycles. The van der Waals surface area contributed by atoms with Gasteiger partial charge in [-0.2, -0.15) is 0 Å². The third-order valence-electron chi connectivity index (χ3n) is 3.86. The number of benzene rings is 2. The predicted octanol–water partition coefficient (Wildman–Crippen LogP) is 3.88. The van der Waals surface area contributed by atoms with Gasteiger partial charge in [0.25, 0.3) is 0 Å². The molecule has 0 amide bonds. The van der Waals surface area contributed by atoms with E-state index in [1.807, 2.05) is 30.3 Å². The van der Waals surface area contributed by atoms with Gasteiger partial charge in [0.2, 0.25) is 5.78 Å². The van der Waals surface area contributed by atoms with Crippen molar-refractivity contribution in [2.45, 2.75) is 12.2 Å². The molecule has 5 heteroatoms. The Kier molecular flexibility index (Phi) is 3.39. The number of ketones is 1. The quantitative estimate of drug-likeness (QED) is 0.398. The van der Waals surface area contributed by atoms with Crippen LogP contribution in [0.4, 0.5) is 0 Å². The first-order valence-electron chi connectivity index (χ1n) is 7.11. The Morgan fingerprint density at radius 2 is 1.78 bits per heavy atom. The highest BCUT2D eigenvalue weighted by atomic mass is 79.9. The molecular weight excluding hydrogens is 360 g/mol. The fourth-order valence-electron chi connectivity index (χ4n) is 2.60. The summed E-state index contributed by atoms with van der Waals surface area (Å²) in [6.07, 6.45) is -0.929. The van der Waals surface area contributed by atoms with Gasteiger partial charge in [-0.25, -0.2) is 4.79 Å². The summed E-state index contributed by atoms with van der Waals surface area (Å²) in [5.41, 5.74) is 0.791. The van der Waals surface area contributed by atoms with E-state index >= 15 is 0 Å². The second-order valence-electron chi connectivity index (χ2n) is 5.38. The van der Waals surface area contributed by atoms with Crippen LogP contribution in [0.15, 0.2) is 68.3 Å². The summed E-state index contributed by atoms with van der Waals surface area (Å²) in [6, 6.07) is 16.2. The number of hydrogen-bond acceptors (Lipinski definition) is 4. The van der Waals surface area contributed by atoms with Gasteiger partial charge in [0.1, 0.15) is 17.3 Å². The first-order chi connectivity index (χ1) is 11.1. The van der Waals surface area contributed by atoms with Crippen LogP contribution in [0, 0.1) is 0 Å². The van der Waals surface area contributed by atoms with E-state index in [0.29, 0.717) is 5.58 Å². The van der Waals surface area contributed by atoms with E-state index in [-0.39, 0.29) is 17.5 Å². The molecular formula is C18H11BrO4. The van der Waals surface area contributed by atoms with E-state index in [0.717, 1.165) is 15.4 Å². The maximum absolute atomic E-state index is 12.5.